The van der Waals surface area contributed by atoms with Crippen LogP contribution < -0.4 is 16.0 Å². The van der Waals surface area contributed by atoms with Crippen LogP contribution in [0.15, 0.2) is 76.7 Å². The highest BCUT2D eigenvalue weighted by Gasteiger charge is 2.35. The third-order valence-electron chi connectivity index (χ3n) is 4.91. The highest BCUT2D eigenvalue weighted by molar-refractivity contribution is 9.10. The third-order valence-corrected chi connectivity index (χ3v) is 5.44. The van der Waals surface area contributed by atoms with Crippen molar-refractivity contribution in [3.05, 3.63) is 82.3 Å². The summed E-state index contributed by atoms with van der Waals surface area (Å²) in [6, 6.07) is 12.7. The topological polar surface area (TPSA) is 41.0 Å². The number of nitrogens with zero attached hydrogens (tertiary/aromatic N) is 1. The summed E-state index contributed by atoms with van der Waals surface area (Å²) in [5.74, 6) is 0.207. The predicted molar refractivity (Wildman–Crippen MR) is 107 cm³/mol. The Hall–Kier alpha value is -1.82. The van der Waals surface area contributed by atoms with E-state index >= 15 is 0 Å². The Labute approximate surface area is 158 Å². The Balaban J connectivity index is 2.05. The lowest BCUT2D eigenvalue weighted by Gasteiger charge is -2.39. The minimum atomic E-state index is -0.367. The average Bonchev–Trinajstić information content (AvgIpc) is 3.15. The summed E-state index contributed by atoms with van der Waals surface area (Å²) in [6.07, 6.45) is 8.83. The van der Waals surface area contributed by atoms with E-state index in [2.05, 4.69) is 97.4 Å². The van der Waals surface area contributed by atoms with E-state index in [-0.39, 0.29) is 11.6 Å². The summed E-state index contributed by atoms with van der Waals surface area (Å²) in [5.41, 5.74) is 3.38. The van der Waals surface area contributed by atoms with Gasteiger partial charge in [0.05, 0.1) is 0 Å². The molecule has 0 radical (unpaired) electrons. The van der Waals surface area contributed by atoms with Crippen LogP contribution in [-0.4, -0.2) is 31.4 Å². The number of hydrogen-bond donors (Lipinski definition) is 3. The largest absolute Gasteiger partial charge is 0.391 e. The lowest BCUT2D eigenvalue weighted by molar-refractivity contribution is 0.403. The van der Waals surface area contributed by atoms with Crippen molar-refractivity contribution in [2.45, 2.75) is 18.1 Å². The average molecular weight is 401 g/mol. The van der Waals surface area contributed by atoms with Crippen LogP contribution in [0.4, 0.5) is 0 Å². The molecule has 2 aromatic rings. The molecule has 1 aliphatic carbocycles. The highest BCUT2D eigenvalue weighted by atomic mass is 79.9. The van der Waals surface area contributed by atoms with Crippen molar-refractivity contribution in [1.82, 2.24) is 20.5 Å². The van der Waals surface area contributed by atoms with Gasteiger partial charge in [-0.1, -0.05) is 34.1 Å². The fourth-order valence-electron chi connectivity index (χ4n) is 3.45. The molecule has 25 heavy (non-hydrogen) atoms. The maximum Gasteiger partial charge on any atom is 0.113 e. The second-order valence-electron chi connectivity index (χ2n) is 6.23. The molecule has 1 aromatic carbocycles. The Morgan fingerprint density at radius 3 is 2.24 bits per heavy atom. The van der Waals surface area contributed by atoms with Gasteiger partial charge < -0.3 is 9.88 Å². The van der Waals surface area contributed by atoms with Crippen molar-refractivity contribution in [1.29, 1.82) is 0 Å². The zero-order valence-electron chi connectivity index (χ0n) is 14.9. The molecule has 0 bridgehead atoms. The first-order valence-corrected chi connectivity index (χ1v) is 9.27. The van der Waals surface area contributed by atoms with Crippen LogP contribution in [0, 0.1) is 0 Å². The lowest BCUT2D eigenvalue weighted by atomic mass is 9.82. The van der Waals surface area contributed by atoms with Crippen molar-refractivity contribution in [3.63, 3.8) is 0 Å². The highest BCUT2D eigenvalue weighted by Crippen LogP contribution is 2.35. The van der Waals surface area contributed by atoms with Gasteiger partial charge in [-0.05, 0) is 55.6 Å². The number of hydrogen-bond acceptors (Lipinski definition) is 3. The van der Waals surface area contributed by atoms with Crippen LogP contribution in [0.5, 0.6) is 0 Å². The molecule has 1 heterocycles. The summed E-state index contributed by atoms with van der Waals surface area (Å²) < 4.78 is 3.30. The van der Waals surface area contributed by atoms with Crippen LogP contribution in [-0.2, 0) is 6.54 Å². The van der Waals surface area contributed by atoms with Crippen LogP contribution in [0.25, 0.3) is 0 Å². The molecule has 1 aromatic heterocycles. The Morgan fingerprint density at radius 2 is 1.68 bits per heavy atom. The molecule has 0 saturated carbocycles. The van der Waals surface area contributed by atoms with E-state index in [9.17, 15) is 0 Å². The van der Waals surface area contributed by atoms with Crippen LogP contribution in [0.3, 0.4) is 0 Å². The number of allylic oxidation sites excluding steroid dienone is 1. The molecule has 1 unspecified atom stereocenters. The lowest BCUT2D eigenvalue weighted by Crippen LogP contribution is -2.56. The quantitative estimate of drug-likeness (QED) is 0.514. The molecule has 0 spiro atoms. The van der Waals surface area contributed by atoms with Gasteiger partial charge in [-0.3, -0.25) is 10.6 Å². The molecule has 0 aliphatic heterocycles. The number of likely N-dealkylation sites (N-methyl/N-ethyl adjacent to an activating group) is 3. The summed E-state index contributed by atoms with van der Waals surface area (Å²) >= 11 is 3.52. The van der Waals surface area contributed by atoms with Crippen molar-refractivity contribution < 1.29 is 0 Å². The third kappa shape index (κ3) is 3.59. The minimum Gasteiger partial charge on any atom is -0.391 e. The van der Waals surface area contributed by atoms with E-state index in [1.807, 2.05) is 21.1 Å². The number of benzene rings is 1. The molecular weight excluding hydrogens is 376 g/mol. The van der Waals surface area contributed by atoms with E-state index in [4.69, 9.17) is 0 Å². The molecule has 3 rings (SSSR count). The first-order valence-electron chi connectivity index (χ1n) is 8.47. The van der Waals surface area contributed by atoms with E-state index < -0.39 is 0 Å². The number of aromatic nitrogens is 1. The Kier molecular flexibility index (Phi) is 5.47. The van der Waals surface area contributed by atoms with Crippen LogP contribution in [0.2, 0.25) is 0 Å². The molecule has 132 valence electrons. The summed E-state index contributed by atoms with van der Waals surface area (Å²) in [4.78, 5) is 0. The molecule has 0 amide bonds. The van der Waals surface area contributed by atoms with Crippen molar-refractivity contribution in [2.75, 3.05) is 21.1 Å². The van der Waals surface area contributed by atoms with Gasteiger partial charge in [-0.25, -0.2) is 0 Å². The molecule has 1 aliphatic rings. The van der Waals surface area contributed by atoms with E-state index in [1.165, 1.54) is 16.8 Å². The van der Waals surface area contributed by atoms with E-state index in [0.29, 0.717) is 0 Å². The second kappa shape index (κ2) is 7.60. The number of rotatable bonds is 6. The van der Waals surface area contributed by atoms with Crippen LogP contribution >= 0.6 is 15.9 Å². The fourth-order valence-corrected chi connectivity index (χ4v) is 3.72. The molecule has 0 fully saturated rings. The maximum atomic E-state index is 3.52. The van der Waals surface area contributed by atoms with Crippen molar-refractivity contribution >= 4 is 15.9 Å². The maximum absolute atomic E-state index is 3.52. The van der Waals surface area contributed by atoms with Crippen LogP contribution in [0.1, 0.15) is 11.5 Å². The van der Waals surface area contributed by atoms with Crippen molar-refractivity contribution in [2.24, 2.45) is 0 Å². The normalized spacial score (nSPS) is 19.3. The smallest absolute Gasteiger partial charge is 0.113 e. The SMILES string of the molecule is CNC1=CC(NC)(NC)C(Cn2cccc2)=CC1c1ccc(Br)cc1. The zero-order valence-corrected chi connectivity index (χ0v) is 16.5. The van der Waals surface area contributed by atoms with Gasteiger partial charge in [0.2, 0.25) is 0 Å². The molecule has 0 saturated heterocycles. The van der Waals surface area contributed by atoms with Gasteiger partial charge in [0.15, 0.2) is 0 Å². The Bertz CT molecular complexity index is 756. The number of halogens is 1. The Morgan fingerprint density at radius 1 is 1.04 bits per heavy atom. The fraction of sp³-hybridized carbons (Fsp3) is 0.300. The minimum absolute atomic E-state index is 0.207. The summed E-state index contributed by atoms with van der Waals surface area (Å²) in [6.45, 7) is 0.829. The molecule has 4 nitrogen and oxygen atoms in total. The van der Waals surface area contributed by atoms with Crippen molar-refractivity contribution in [3.8, 4) is 0 Å². The number of nitrogens with one attached hydrogen (secondary N) is 3. The van der Waals surface area contributed by atoms with Gasteiger partial charge >= 0.3 is 0 Å². The van der Waals surface area contributed by atoms with Gasteiger partial charge in [-0.2, -0.15) is 0 Å². The standard InChI is InChI=1S/C20H25BrN4/c1-22-19-13-20(23-2,24-3)16(14-25-10-4-5-11-25)12-18(19)15-6-8-17(21)9-7-15/h4-13,18,22-24H,14H2,1-3H3. The molecule has 1 atom stereocenters. The van der Waals surface area contributed by atoms with Gasteiger partial charge in [0.25, 0.3) is 0 Å². The van der Waals surface area contributed by atoms with E-state index in [1.54, 1.807) is 0 Å². The summed E-state index contributed by atoms with van der Waals surface area (Å²) in [7, 11) is 5.96. The summed E-state index contributed by atoms with van der Waals surface area (Å²) in [5, 5.41) is 10.3. The predicted octanol–water partition coefficient (Wildman–Crippen LogP) is 3.21. The zero-order chi connectivity index (χ0) is 17.9. The molecule has 5 heteroatoms. The molecular formula is C20H25BrN4. The van der Waals surface area contributed by atoms with E-state index in [0.717, 1.165) is 11.0 Å². The van der Waals surface area contributed by atoms with Gasteiger partial charge in [-0.15, -0.1) is 0 Å². The van der Waals surface area contributed by atoms with Gasteiger partial charge in [0.1, 0.15) is 5.66 Å². The van der Waals surface area contributed by atoms with Gasteiger partial charge in [0, 0.05) is 42.1 Å². The first-order chi connectivity index (χ1) is 12.1. The molecule has 3 N–H and O–H groups in total. The second-order valence-corrected chi connectivity index (χ2v) is 7.15. The first kappa shape index (κ1) is 18.0. The monoisotopic (exact) mass is 400 g/mol.